The van der Waals surface area contributed by atoms with Crippen LogP contribution >= 0.6 is 0 Å². The Morgan fingerprint density at radius 2 is 1.85 bits per heavy atom. The molecule has 2 aliphatic rings. The molecular weight excluding hydrogens is 418 g/mol. The molecule has 2 fully saturated rings. The third-order valence-corrected chi connectivity index (χ3v) is 8.00. The van der Waals surface area contributed by atoms with Gasteiger partial charge in [-0.15, -0.1) is 0 Å². The van der Waals surface area contributed by atoms with E-state index in [0.29, 0.717) is 6.04 Å². The average molecular weight is 454 g/mol. The first-order valence-electron chi connectivity index (χ1n) is 12.9. The van der Waals surface area contributed by atoms with E-state index in [1.165, 1.54) is 60.6 Å². The highest BCUT2D eigenvalue weighted by atomic mass is 15.2. The van der Waals surface area contributed by atoms with E-state index < -0.39 is 0 Å². The predicted octanol–water partition coefficient (Wildman–Crippen LogP) is 5.00. The number of aromatic nitrogens is 3. The summed E-state index contributed by atoms with van der Waals surface area (Å²) in [6.07, 6.45) is 8.91. The summed E-state index contributed by atoms with van der Waals surface area (Å²) in [5.41, 5.74) is 3.61. The number of benzene rings is 2. The van der Waals surface area contributed by atoms with Crippen LogP contribution in [-0.4, -0.2) is 52.2 Å². The summed E-state index contributed by atoms with van der Waals surface area (Å²) in [4.78, 5) is 11.6. The zero-order valence-electron chi connectivity index (χ0n) is 20.2. The van der Waals surface area contributed by atoms with Gasteiger partial charge >= 0.3 is 0 Å². The number of fused-ring (bicyclic) bond motifs is 2. The van der Waals surface area contributed by atoms with Crippen molar-refractivity contribution < 1.29 is 0 Å². The first kappa shape index (κ1) is 21.8. The standard InChI is InChI=1S/C29H35N5/c1-21-28-11-13-34(29(28)32-20-31-21)27-9-7-23(15-27)17-33-18-24(19-33)16-30-12-10-22-6-8-25-4-2-3-5-26(25)14-22/h2-6,8,11,13-14,20,23-24,27,30H,7,9-10,12,15-19H2,1H3. The van der Waals surface area contributed by atoms with E-state index in [4.69, 9.17) is 0 Å². The molecular formula is C29H35N5. The highest BCUT2D eigenvalue weighted by molar-refractivity contribution is 5.83. The normalized spacial score (nSPS) is 21.4. The van der Waals surface area contributed by atoms with Gasteiger partial charge in [0.15, 0.2) is 0 Å². The molecule has 1 saturated carbocycles. The lowest BCUT2D eigenvalue weighted by atomic mass is 9.97. The van der Waals surface area contributed by atoms with Crippen molar-refractivity contribution in [2.45, 2.75) is 38.6 Å². The number of likely N-dealkylation sites (tertiary alicyclic amines) is 1. The van der Waals surface area contributed by atoms with Gasteiger partial charge in [-0.2, -0.15) is 0 Å². The predicted molar refractivity (Wildman–Crippen MR) is 139 cm³/mol. The van der Waals surface area contributed by atoms with Crippen molar-refractivity contribution >= 4 is 21.8 Å². The highest BCUT2D eigenvalue weighted by Gasteiger charge is 2.32. The average Bonchev–Trinajstić information content (AvgIpc) is 3.47. The smallest absolute Gasteiger partial charge is 0.143 e. The van der Waals surface area contributed by atoms with Gasteiger partial charge in [-0.25, -0.2) is 9.97 Å². The van der Waals surface area contributed by atoms with Crippen LogP contribution in [0.3, 0.4) is 0 Å². The van der Waals surface area contributed by atoms with Gasteiger partial charge in [0.2, 0.25) is 0 Å². The van der Waals surface area contributed by atoms with E-state index in [1.54, 1.807) is 6.33 Å². The molecule has 1 saturated heterocycles. The summed E-state index contributed by atoms with van der Waals surface area (Å²) in [6, 6.07) is 18.2. The zero-order chi connectivity index (χ0) is 22.9. The molecule has 1 N–H and O–H groups in total. The molecule has 3 heterocycles. The second-order valence-corrected chi connectivity index (χ2v) is 10.5. The summed E-state index contributed by atoms with van der Waals surface area (Å²) in [7, 11) is 0. The monoisotopic (exact) mass is 453 g/mol. The third-order valence-electron chi connectivity index (χ3n) is 8.00. The highest BCUT2D eigenvalue weighted by Crippen LogP contribution is 2.37. The van der Waals surface area contributed by atoms with Crippen molar-refractivity contribution in [3.8, 4) is 0 Å². The van der Waals surface area contributed by atoms with Gasteiger partial charge in [-0.05, 0) is 73.4 Å². The first-order chi connectivity index (χ1) is 16.7. The molecule has 6 rings (SSSR count). The van der Waals surface area contributed by atoms with Gasteiger partial charge in [0.25, 0.3) is 0 Å². The van der Waals surface area contributed by atoms with Gasteiger partial charge in [0, 0.05) is 43.8 Å². The van der Waals surface area contributed by atoms with Crippen molar-refractivity contribution in [2.24, 2.45) is 11.8 Å². The zero-order valence-corrected chi connectivity index (χ0v) is 20.2. The van der Waals surface area contributed by atoms with Crippen molar-refractivity contribution in [3.05, 3.63) is 72.3 Å². The second-order valence-electron chi connectivity index (χ2n) is 10.5. The largest absolute Gasteiger partial charge is 0.329 e. The number of nitrogens with zero attached hydrogens (tertiary/aromatic N) is 4. The van der Waals surface area contributed by atoms with Crippen molar-refractivity contribution in [3.63, 3.8) is 0 Å². The number of hydrogen-bond donors (Lipinski definition) is 1. The quantitative estimate of drug-likeness (QED) is 0.382. The van der Waals surface area contributed by atoms with Gasteiger partial charge < -0.3 is 14.8 Å². The first-order valence-corrected chi connectivity index (χ1v) is 12.9. The maximum absolute atomic E-state index is 4.57. The maximum Gasteiger partial charge on any atom is 0.143 e. The number of nitrogens with one attached hydrogen (secondary N) is 1. The Kier molecular flexibility index (Phi) is 6.06. The Morgan fingerprint density at radius 1 is 0.971 bits per heavy atom. The summed E-state index contributed by atoms with van der Waals surface area (Å²) >= 11 is 0. The van der Waals surface area contributed by atoms with Crippen LogP contribution in [0.5, 0.6) is 0 Å². The Labute approximate surface area is 202 Å². The molecule has 176 valence electrons. The molecule has 0 spiro atoms. The van der Waals surface area contributed by atoms with Gasteiger partial charge in [-0.3, -0.25) is 0 Å². The fourth-order valence-corrected chi connectivity index (χ4v) is 6.11. The van der Waals surface area contributed by atoms with Crippen LogP contribution in [-0.2, 0) is 6.42 Å². The van der Waals surface area contributed by atoms with E-state index in [2.05, 4.69) is 86.4 Å². The Bertz CT molecular complexity index is 1270. The SMILES string of the molecule is Cc1ncnc2c1ccn2C1CCC(CN2CC(CNCCc3ccc4ccccc4c3)C2)C1. The van der Waals surface area contributed by atoms with Gasteiger partial charge in [0.05, 0.1) is 5.69 Å². The molecule has 2 aromatic heterocycles. The van der Waals surface area contributed by atoms with E-state index >= 15 is 0 Å². The van der Waals surface area contributed by atoms with Gasteiger partial charge in [-0.1, -0.05) is 42.5 Å². The van der Waals surface area contributed by atoms with Crippen LogP contribution in [0.4, 0.5) is 0 Å². The lowest BCUT2D eigenvalue weighted by molar-refractivity contribution is 0.0814. The lowest BCUT2D eigenvalue weighted by Crippen LogP contribution is -2.52. The molecule has 2 atom stereocenters. The number of rotatable bonds is 8. The van der Waals surface area contributed by atoms with Crippen molar-refractivity contribution in [1.82, 2.24) is 24.8 Å². The molecule has 34 heavy (non-hydrogen) atoms. The fraction of sp³-hybridized carbons (Fsp3) is 0.448. The Hall–Kier alpha value is -2.76. The molecule has 5 heteroatoms. The molecule has 1 aliphatic carbocycles. The maximum atomic E-state index is 4.57. The van der Waals surface area contributed by atoms with Crippen LogP contribution in [0.1, 0.15) is 36.6 Å². The minimum atomic E-state index is 0.589. The van der Waals surface area contributed by atoms with Crippen LogP contribution in [0.25, 0.3) is 21.8 Å². The number of aryl methyl sites for hydroxylation is 1. The molecule has 1 aliphatic heterocycles. The van der Waals surface area contributed by atoms with E-state index in [0.717, 1.165) is 42.7 Å². The third kappa shape index (κ3) is 4.47. The molecule has 5 nitrogen and oxygen atoms in total. The fourth-order valence-electron chi connectivity index (χ4n) is 6.11. The second kappa shape index (κ2) is 9.47. The lowest BCUT2D eigenvalue weighted by Gasteiger charge is -2.41. The topological polar surface area (TPSA) is 46.0 Å². The molecule has 0 bridgehead atoms. The molecule has 0 amide bonds. The minimum absolute atomic E-state index is 0.589. The molecule has 0 radical (unpaired) electrons. The number of hydrogen-bond acceptors (Lipinski definition) is 4. The summed E-state index contributed by atoms with van der Waals surface area (Å²) in [6.45, 7) is 8.05. The summed E-state index contributed by atoms with van der Waals surface area (Å²) in [5, 5.41) is 7.57. The summed E-state index contributed by atoms with van der Waals surface area (Å²) in [5.74, 6) is 1.62. The Balaban J connectivity index is 0.914. The van der Waals surface area contributed by atoms with E-state index in [9.17, 15) is 0 Å². The van der Waals surface area contributed by atoms with Crippen LogP contribution in [0.15, 0.2) is 61.1 Å². The van der Waals surface area contributed by atoms with Crippen LogP contribution in [0.2, 0.25) is 0 Å². The summed E-state index contributed by atoms with van der Waals surface area (Å²) < 4.78 is 2.41. The van der Waals surface area contributed by atoms with E-state index in [-0.39, 0.29) is 0 Å². The van der Waals surface area contributed by atoms with Gasteiger partial charge in [0.1, 0.15) is 12.0 Å². The molecule has 4 aromatic rings. The molecule has 2 aromatic carbocycles. The minimum Gasteiger partial charge on any atom is -0.329 e. The van der Waals surface area contributed by atoms with Crippen molar-refractivity contribution in [2.75, 3.05) is 32.7 Å². The van der Waals surface area contributed by atoms with E-state index in [1.807, 2.05) is 0 Å². The molecule has 2 unspecified atom stereocenters. The van der Waals surface area contributed by atoms with Crippen LogP contribution in [0, 0.1) is 18.8 Å². The Morgan fingerprint density at radius 3 is 2.76 bits per heavy atom. The van der Waals surface area contributed by atoms with Crippen molar-refractivity contribution in [1.29, 1.82) is 0 Å². The van der Waals surface area contributed by atoms with Crippen LogP contribution < -0.4 is 5.32 Å².